The maximum atomic E-state index is 12.1. The lowest BCUT2D eigenvalue weighted by molar-refractivity contribution is 0.0977. The number of ketones is 1. The van der Waals surface area contributed by atoms with Crippen LogP contribution in [-0.2, 0) is 0 Å². The van der Waals surface area contributed by atoms with Crippen molar-refractivity contribution < 1.29 is 4.79 Å². The highest BCUT2D eigenvalue weighted by Gasteiger charge is 2.11. The molecule has 17 heavy (non-hydrogen) atoms. The van der Waals surface area contributed by atoms with Crippen molar-refractivity contribution in [3.63, 3.8) is 0 Å². The average Bonchev–Trinajstić information content (AvgIpc) is 2.83. The first-order valence-electron chi connectivity index (χ1n) is 5.92. The monoisotopic (exact) mass is 247 g/mol. The molecule has 2 rings (SSSR count). The fourth-order valence-electron chi connectivity index (χ4n) is 1.84. The predicted molar refractivity (Wildman–Crippen MR) is 73.6 cm³/mol. The van der Waals surface area contributed by atoms with Crippen molar-refractivity contribution in [3.05, 3.63) is 35.2 Å². The van der Waals surface area contributed by atoms with Gasteiger partial charge in [0.25, 0.3) is 0 Å². The van der Waals surface area contributed by atoms with Crippen LogP contribution in [0.3, 0.4) is 0 Å². The zero-order valence-corrected chi connectivity index (χ0v) is 10.8. The van der Waals surface area contributed by atoms with Gasteiger partial charge < -0.3 is 5.73 Å². The summed E-state index contributed by atoms with van der Waals surface area (Å²) in [7, 11) is 0. The molecule has 2 N–H and O–H groups in total. The summed E-state index contributed by atoms with van der Waals surface area (Å²) in [6.45, 7) is 2.73. The van der Waals surface area contributed by atoms with Crippen LogP contribution in [0.2, 0.25) is 0 Å². The van der Waals surface area contributed by atoms with Crippen LogP contribution in [0.4, 0.5) is 0 Å². The Morgan fingerprint density at radius 1 is 1.41 bits per heavy atom. The Kier molecular flexibility index (Phi) is 3.92. The van der Waals surface area contributed by atoms with E-state index in [0.717, 1.165) is 22.1 Å². The number of fused-ring (bicyclic) bond motifs is 1. The summed E-state index contributed by atoms with van der Waals surface area (Å²) in [6.07, 6.45) is 1.46. The normalized spacial score (nSPS) is 12.8. The molecule has 2 nitrogen and oxygen atoms in total. The van der Waals surface area contributed by atoms with Crippen molar-refractivity contribution in [1.29, 1.82) is 0 Å². The second-order valence-electron chi connectivity index (χ2n) is 4.45. The van der Waals surface area contributed by atoms with Crippen LogP contribution in [0.15, 0.2) is 29.6 Å². The maximum absolute atomic E-state index is 12.1. The molecule has 0 saturated carbocycles. The van der Waals surface area contributed by atoms with E-state index in [4.69, 9.17) is 5.73 Å². The van der Waals surface area contributed by atoms with Gasteiger partial charge in [-0.05, 0) is 41.8 Å². The fourth-order valence-corrected chi connectivity index (χ4v) is 2.77. The summed E-state index contributed by atoms with van der Waals surface area (Å²) in [5.41, 5.74) is 6.42. The zero-order valence-electron chi connectivity index (χ0n) is 9.98. The van der Waals surface area contributed by atoms with E-state index in [-0.39, 0.29) is 5.78 Å². The van der Waals surface area contributed by atoms with Crippen molar-refractivity contribution in [3.8, 4) is 0 Å². The van der Waals surface area contributed by atoms with Gasteiger partial charge >= 0.3 is 0 Å². The van der Waals surface area contributed by atoms with Gasteiger partial charge in [0.15, 0.2) is 5.78 Å². The summed E-state index contributed by atoms with van der Waals surface area (Å²) in [6, 6.07) is 7.98. The molecule has 1 heterocycles. The Morgan fingerprint density at radius 3 is 3.00 bits per heavy atom. The minimum atomic E-state index is 0.235. The van der Waals surface area contributed by atoms with Gasteiger partial charge in [0, 0.05) is 16.7 Å². The van der Waals surface area contributed by atoms with Gasteiger partial charge in [-0.3, -0.25) is 4.79 Å². The topological polar surface area (TPSA) is 43.1 Å². The number of Topliss-reactive ketones (excluding diaryl/α,β-unsaturated/α-hetero) is 1. The summed E-state index contributed by atoms with van der Waals surface area (Å²) in [5.74, 6) is 0.653. The molecule has 1 aromatic carbocycles. The Bertz CT molecular complexity index is 518. The molecule has 0 aliphatic rings. The molecule has 0 bridgehead atoms. The maximum Gasteiger partial charge on any atom is 0.164 e. The van der Waals surface area contributed by atoms with E-state index in [2.05, 4.69) is 13.0 Å². The van der Waals surface area contributed by atoms with Gasteiger partial charge in [-0.2, -0.15) is 0 Å². The van der Waals surface area contributed by atoms with Gasteiger partial charge in [-0.1, -0.05) is 19.1 Å². The Balaban J connectivity index is 2.16. The minimum Gasteiger partial charge on any atom is -0.330 e. The standard InChI is InChI=1S/C14H17NOS/c1-10(9-15)5-6-13(16)12-4-2-3-11-7-8-17-14(11)12/h2-4,7-8,10H,5-6,9,15H2,1H3. The first-order chi connectivity index (χ1) is 8.22. The lowest BCUT2D eigenvalue weighted by Gasteiger charge is -2.07. The lowest BCUT2D eigenvalue weighted by atomic mass is 9.99. The molecule has 3 heteroatoms. The highest BCUT2D eigenvalue weighted by atomic mass is 32.1. The molecule has 0 spiro atoms. The molecule has 0 amide bonds. The molecule has 0 fully saturated rings. The molecule has 0 radical (unpaired) electrons. The van der Waals surface area contributed by atoms with E-state index in [1.165, 1.54) is 0 Å². The van der Waals surface area contributed by atoms with Crippen LogP contribution in [-0.4, -0.2) is 12.3 Å². The van der Waals surface area contributed by atoms with Gasteiger partial charge in [-0.25, -0.2) is 0 Å². The SMILES string of the molecule is CC(CN)CCC(=O)c1cccc2ccsc12. The fraction of sp³-hybridized carbons (Fsp3) is 0.357. The number of rotatable bonds is 5. The molecule has 2 aromatic rings. The number of benzene rings is 1. The third-order valence-electron chi connectivity index (χ3n) is 3.05. The van der Waals surface area contributed by atoms with Crippen molar-refractivity contribution in [1.82, 2.24) is 0 Å². The third kappa shape index (κ3) is 2.73. The zero-order chi connectivity index (χ0) is 12.3. The van der Waals surface area contributed by atoms with Crippen molar-refractivity contribution in [2.75, 3.05) is 6.54 Å². The van der Waals surface area contributed by atoms with Crippen molar-refractivity contribution >= 4 is 27.2 Å². The van der Waals surface area contributed by atoms with Crippen LogP contribution in [0, 0.1) is 5.92 Å². The van der Waals surface area contributed by atoms with Crippen LogP contribution in [0.25, 0.3) is 10.1 Å². The van der Waals surface area contributed by atoms with Gasteiger partial charge in [-0.15, -0.1) is 11.3 Å². The van der Waals surface area contributed by atoms with Crippen molar-refractivity contribution in [2.45, 2.75) is 19.8 Å². The quantitative estimate of drug-likeness (QED) is 0.822. The first-order valence-corrected chi connectivity index (χ1v) is 6.80. The van der Waals surface area contributed by atoms with Gasteiger partial charge in [0.1, 0.15) is 0 Å². The number of thiophene rings is 1. The summed E-state index contributed by atoms with van der Waals surface area (Å²) >= 11 is 1.64. The second-order valence-corrected chi connectivity index (χ2v) is 5.36. The number of carbonyl (C=O) groups is 1. The Labute approximate surface area is 105 Å². The number of nitrogens with two attached hydrogens (primary N) is 1. The summed E-state index contributed by atoms with van der Waals surface area (Å²) in [5, 5.41) is 3.19. The summed E-state index contributed by atoms with van der Waals surface area (Å²) < 4.78 is 1.11. The molecule has 1 atom stereocenters. The van der Waals surface area contributed by atoms with Gasteiger partial charge in [0.2, 0.25) is 0 Å². The molecule has 1 aromatic heterocycles. The number of carbonyl (C=O) groups excluding carboxylic acids is 1. The van der Waals surface area contributed by atoms with Crippen LogP contribution in [0.5, 0.6) is 0 Å². The van der Waals surface area contributed by atoms with E-state index >= 15 is 0 Å². The van der Waals surface area contributed by atoms with Crippen LogP contribution < -0.4 is 5.73 Å². The summed E-state index contributed by atoms with van der Waals surface area (Å²) in [4.78, 5) is 12.1. The van der Waals surface area contributed by atoms with Gasteiger partial charge in [0.05, 0.1) is 0 Å². The van der Waals surface area contributed by atoms with E-state index in [0.29, 0.717) is 18.9 Å². The van der Waals surface area contributed by atoms with Crippen LogP contribution in [0.1, 0.15) is 30.1 Å². The molecule has 0 aliphatic heterocycles. The first kappa shape index (κ1) is 12.3. The Morgan fingerprint density at radius 2 is 2.24 bits per heavy atom. The highest BCUT2D eigenvalue weighted by Crippen LogP contribution is 2.26. The largest absolute Gasteiger partial charge is 0.330 e. The second kappa shape index (κ2) is 5.43. The molecule has 0 saturated heterocycles. The average molecular weight is 247 g/mol. The molecule has 0 aliphatic carbocycles. The van der Waals surface area contributed by atoms with E-state index in [1.807, 2.05) is 23.6 Å². The number of hydrogen-bond acceptors (Lipinski definition) is 3. The molecular formula is C14H17NOS. The predicted octanol–water partition coefficient (Wildman–Crippen LogP) is 3.46. The molecule has 1 unspecified atom stereocenters. The Hall–Kier alpha value is -1.19. The molecule has 90 valence electrons. The third-order valence-corrected chi connectivity index (χ3v) is 4.01. The highest BCUT2D eigenvalue weighted by molar-refractivity contribution is 7.17. The van der Waals surface area contributed by atoms with Crippen molar-refractivity contribution in [2.24, 2.45) is 11.7 Å². The lowest BCUT2D eigenvalue weighted by Crippen LogP contribution is -2.12. The van der Waals surface area contributed by atoms with E-state index < -0.39 is 0 Å². The van der Waals surface area contributed by atoms with Crippen LogP contribution >= 0.6 is 11.3 Å². The smallest absolute Gasteiger partial charge is 0.164 e. The van der Waals surface area contributed by atoms with E-state index in [9.17, 15) is 4.79 Å². The number of hydrogen-bond donors (Lipinski definition) is 1. The molecular weight excluding hydrogens is 230 g/mol. The van der Waals surface area contributed by atoms with E-state index in [1.54, 1.807) is 11.3 Å². The minimum absolute atomic E-state index is 0.235.